The Morgan fingerprint density at radius 1 is 1.39 bits per heavy atom. The van der Waals surface area contributed by atoms with Gasteiger partial charge in [0.25, 0.3) is 10.0 Å². The predicted octanol–water partition coefficient (Wildman–Crippen LogP) is 2.20. The first kappa shape index (κ1) is 13.5. The molecule has 2 heterocycles. The molecule has 0 unspecified atom stereocenters. The molecule has 2 N–H and O–H groups in total. The maximum Gasteiger partial charge on any atom is 0.271 e. The molecule has 0 saturated carbocycles. The summed E-state index contributed by atoms with van der Waals surface area (Å²) in [5.74, 6) is 0. The van der Waals surface area contributed by atoms with E-state index < -0.39 is 10.0 Å². The van der Waals surface area contributed by atoms with Crippen LogP contribution in [0.5, 0.6) is 0 Å². The average molecular weight is 349 g/mol. The SMILES string of the molecule is O=S(=O)(Nc1cncc(Br)c1)c1ccc(CO)s1. The third kappa shape index (κ3) is 3.08. The first-order valence-corrected chi connectivity index (χ1v) is 7.93. The summed E-state index contributed by atoms with van der Waals surface area (Å²) < 4.78 is 27.3. The van der Waals surface area contributed by atoms with Crippen LogP contribution in [0.25, 0.3) is 0 Å². The molecule has 0 aromatic carbocycles. The van der Waals surface area contributed by atoms with Crippen LogP contribution < -0.4 is 4.72 Å². The molecular weight excluding hydrogens is 340 g/mol. The van der Waals surface area contributed by atoms with Gasteiger partial charge in [0.1, 0.15) is 4.21 Å². The fourth-order valence-corrected chi connectivity index (χ4v) is 3.88. The van der Waals surface area contributed by atoms with Crippen LogP contribution in [-0.4, -0.2) is 18.5 Å². The van der Waals surface area contributed by atoms with Gasteiger partial charge in [0.15, 0.2) is 0 Å². The largest absolute Gasteiger partial charge is 0.391 e. The van der Waals surface area contributed by atoms with Gasteiger partial charge in [-0.25, -0.2) is 8.42 Å². The molecule has 0 spiro atoms. The molecule has 0 aliphatic carbocycles. The van der Waals surface area contributed by atoms with Gasteiger partial charge in [0.2, 0.25) is 0 Å². The Hall–Kier alpha value is -0.960. The van der Waals surface area contributed by atoms with Crippen LogP contribution >= 0.6 is 27.3 Å². The van der Waals surface area contributed by atoms with Gasteiger partial charge in [-0.05, 0) is 34.1 Å². The van der Waals surface area contributed by atoms with Gasteiger partial charge < -0.3 is 5.11 Å². The summed E-state index contributed by atoms with van der Waals surface area (Å²) >= 11 is 4.24. The Balaban J connectivity index is 2.27. The highest BCUT2D eigenvalue weighted by Crippen LogP contribution is 2.24. The van der Waals surface area contributed by atoms with Crippen molar-refractivity contribution in [1.29, 1.82) is 0 Å². The molecule has 5 nitrogen and oxygen atoms in total. The molecule has 0 bridgehead atoms. The zero-order valence-electron chi connectivity index (χ0n) is 9.00. The van der Waals surface area contributed by atoms with Gasteiger partial charge in [-0.2, -0.15) is 0 Å². The van der Waals surface area contributed by atoms with Crippen molar-refractivity contribution in [2.45, 2.75) is 10.8 Å². The standard InChI is InChI=1S/C10H9BrN2O3S2/c11-7-3-8(5-12-4-7)13-18(15,16)10-2-1-9(6-14)17-10/h1-5,13-14H,6H2. The highest BCUT2D eigenvalue weighted by molar-refractivity contribution is 9.10. The summed E-state index contributed by atoms with van der Waals surface area (Å²) in [6.45, 7) is -0.168. The van der Waals surface area contributed by atoms with Crippen molar-refractivity contribution in [3.63, 3.8) is 0 Å². The zero-order chi connectivity index (χ0) is 13.2. The number of halogens is 1. The van der Waals surface area contributed by atoms with Gasteiger partial charge in [-0.15, -0.1) is 11.3 Å². The first-order chi connectivity index (χ1) is 8.51. The van der Waals surface area contributed by atoms with Crippen molar-refractivity contribution < 1.29 is 13.5 Å². The number of pyridine rings is 1. The van der Waals surface area contributed by atoms with E-state index in [-0.39, 0.29) is 10.8 Å². The summed E-state index contributed by atoms with van der Waals surface area (Å²) in [5.41, 5.74) is 0.378. The fraction of sp³-hybridized carbons (Fsp3) is 0.100. The predicted molar refractivity (Wildman–Crippen MR) is 73.0 cm³/mol. The molecule has 0 aliphatic heterocycles. The Bertz CT molecular complexity index is 655. The van der Waals surface area contributed by atoms with Crippen LogP contribution in [-0.2, 0) is 16.6 Å². The van der Waals surface area contributed by atoms with Crippen molar-refractivity contribution in [3.8, 4) is 0 Å². The number of nitrogens with zero attached hydrogens (tertiary/aromatic N) is 1. The first-order valence-electron chi connectivity index (χ1n) is 4.84. The van der Waals surface area contributed by atoms with Crippen molar-refractivity contribution >= 4 is 43.0 Å². The quantitative estimate of drug-likeness (QED) is 0.887. The van der Waals surface area contributed by atoms with E-state index in [1.54, 1.807) is 18.3 Å². The molecule has 0 atom stereocenters. The molecule has 2 aromatic rings. The molecule has 2 aromatic heterocycles. The molecule has 0 aliphatic rings. The van der Waals surface area contributed by atoms with E-state index in [1.807, 2.05) is 0 Å². The van der Waals surface area contributed by atoms with Crippen molar-refractivity contribution in [1.82, 2.24) is 4.98 Å². The second-order valence-electron chi connectivity index (χ2n) is 3.38. The molecule has 96 valence electrons. The van der Waals surface area contributed by atoms with Crippen molar-refractivity contribution in [2.24, 2.45) is 0 Å². The Kier molecular flexibility index (Phi) is 4.00. The number of aliphatic hydroxyl groups is 1. The van der Waals surface area contributed by atoms with Crippen molar-refractivity contribution in [3.05, 3.63) is 39.9 Å². The summed E-state index contributed by atoms with van der Waals surface area (Å²) in [7, 11) is -3.62. The molecule has 0 amide bonds. The third-order valence-corrected chi connectivity index (χ3v) is 5.39. The van der Waals surface area contributed by atoms with Crippen LogP contribution in [0.3, 0.4) is 0 Å². The fourth-order valence-electron chi connectivity index (χ4n) is 1.26. The topological polar surface area (TPSA) is 79.3 Å². The number of rotatable bonds is 4. The number of nitrogens with one attached hydrogen (secondary N) is 1. The van der Waals surface area contributed by atoms with Gasteiger partial charge in [0, 0.05) is 15.5 Å². The smallest absolute Gasteiger partial charge is 0.271 e. The lowest BCUT2D eigenvalue weighted by molar-refractivity contribution is 0.285. The third-order valence-electron chi connectivity index (χ3n) is 2.01. The minimum atomic E-state index is -3.62. The normalized spacial score (nSPS) is 11.4. The average Bonchev–Trinajstić information content (AvgIpc) is 2.77. The lowest BCUT2D eigenvalue weighted by Gasteiger charge is -2.05. The highest BCUT2D eigenvalue weighted by Gasteiger charge is 2.17. The van der Waals surface area contributed by atoms with E-state index in [1.165, 1.54) is 12.3 Å². The van der Waals surface area contributed by atoms with Crippen molar-refractivity contribution in [2.75, 3.05) is 4.72 Å². The summed E-state index contributed by atoms with van der Waals surface area (Å²) in [5, 5.41) is 8.92. The number of anilines is 1. The number of hydrogen-bond acceptors (Lipinski definition) is 5. The lowest BCUT2D eigenvalue weighted by atomic mass is 10.4. The van der Waals surface area contributed by atoms with Crippen LogP contribution in [0, 0.1) is 0 Å². The molecule has 0 saturated heterocycles. The van der Waals surface area contributed by atoms with E-state index in [0.717, 1.165) is 11.3 Å². The molecule has 0 radical (unpaired) electrons. The Morgan fingerprint density at radius 2 is 2.17 bits per heavy atom. The van der Waals surface area contributed by atoms with Gasteiger partial charge in [-0.3, -0.25) is 9.71 Å². The monoisotopic (exact) mass is 348 g/mol. The summed E-state index contributed by atoms with van der Waals surface area (Å²) in [6.07, 6.45) is 2.98. The molecule has 0 fully saturated rings. The summed E-state index contributed by atoms with van der Waals surface area (Å²) in [6, 6.07) is 4.66. The maximum atomic E-state index is 12.0. The Labute approximate surface area is 117 Å². The summed E-state index contributed by atoms with van der Waals surface area (Å²) in [4.78, 5) is 4.47. The van der Waals surface area contributed by atoms with Gasteiger partial charge in [0.05, 0.1) is 18.5 Å². The second kappa shape index (κ2) is 5.35. The zero-order valence-corrected chi connectivity index (χ0v) is 12.2. The van der Waals surface area contributed by atoms with E-state index in [4.69, 9.17) is 5.11 Å². The maximum absolute atomic E-state index is 12.0. The number of sulfonamides is 1. The lowest BCUT2D eigenvalue weighted by Crippen LogP contribution is -2.11. The number of aliphatic hydroxyl groups excluding tert-OH is 1. The van der Waals surface area contributed by atoms with E-state index in [0.29, 0.717) is 15.0 Å². The minimum absolute atomic E-state index is 0.159. The van der Waals surface area contributed by atoms with Crippen LogP contribution in [0.1, 0.15) is 4.88 Å². The minimum Gasteiger partial charge on any atom is -0.391 e. The van der Waals surface area contributed by atoms with Gasteiger partial charge >= 0.3 is 0 Å². The van der Waals surface area contributed by atoms with Gasteiger partial charge in [-0.1, -0.05) is 0 Å². The van der Waals surface area contributed by atoms with E-state index >= 15 is 0 Å². The molecule has 8 heteroatoms. The van der Waals surface area contributed by atoms with E-state index in [2.05, 4.69) is 25.6 Å². The highest BCUT2D eigenvalue weighted by atomic mass is 79.9. The molecule has 18 heavy (non-hydrogen) atoms. The second-order valence-corrected chi connectivity index (χ2v) is 7.37. The molecular formula is C10H9BrN2O3S2. The van der Waals surface area contributed by atoms with Crippen LogP contribution in [0.15, 0.2) is 39.3 Å². The molecule has 2 rings (SSSR count). The Morgan fingerprint density at radius 3 is 2.78 bits per heavy atom. The number of aromatic nitrogens is 1. The van der Waals surface area contributed by atoms with E-state index in [9.17, 15) is 8.42 Å². The van der Waals surface area contributed by atoms with Crippen LogP contribution in [0.4, 0.5) is 5.69 Å². The number of hydrogen-bond donors (Lipinski definition) is 2. The number of thiophene rings is 1. The van der Waals surface area contributed by atoms with Crippen LogP contribution in [0.2, 0.25) is 0 Å².